The van der Waals surface area contributed by atoms with Crippen molar-refractivity contribution in [1.29, 1.82) is 0 Å². The Morgan fingerprint density at radius 2 is 1.88 bits per heavy atom. The molecule has 0 spiro atoms. The molecule has 1 aromatic carbocycles. The van der Waals surface area contributed by atoms with Crippen LogP contribution in [0.1, 0.15) is 12.8 Å². The minimum Gasteiger partial charge on any atom is -0.323 e. The van der Waals surface area contributed by atoms with Gasteiger partial charge in [0.2, 0.25) is 0 Å². The topological polar surface area (TPSA) is 56.8 Å². The second kappa shape index (κ2) is 7.66. The van der Waals surface area contributed by atoms with Gasteiger partial charge in [-0.25, -0.2) is 9.37 Å². The van der Waals surface area contributed by atoms with Crippen molar-refractivity contribution in [3.63, 3.8) is 0 Å². The fourth-order valence-corrected chi connectivity index (χ4v) is 3.46. The van der Waals surface area contributed by atoms with Crippen LogP contribution in [-0.4, -0.2) is 34.8 Å². The first kappa shape index (κ1) is 16.7. The van der Waals surface area contributed by atoms with Gasteiger partial charge in [0.15, 0.2) is 0 Å². The number of rotatable bonds is 5. The molecule has 0 saturated carbocycles. The van der Waals surface area contributed by atoms with Crippen LogP contribution in [0.5, 0.6) is 0 Å². The van der Waals surface area contributed by atoms with Gasteiger partial charge >= 0.3 is 0 Å². The minimum atomic E-state index is -0.244. The largest absolute Gasteiger partial charge is 0.323 e. The number of benzene rings is 1. The summed E-state index contributed by atoms with van der Waals surface area (Å²) in [6.07, 6.45) is 5.93. The minimum absolute atomic E-state index is 0.244. The monoisotopic (exact) mass is 351 g/mol. The third-order valence-electron chi connectivity index (χ3n) is 4.87. The Balaban J connectivity index is 1.70. The number of hydrogen-bond donors (Lipinski definition) is 2. The third-order valence-corrected chi connectivity index (χ3v) is 4.87. The second-order valence-electron chi connectivity index (χ2n) is 6.63. The first-order valence-corrected chi connectivity index (χ1v) is 9.00. The standard InChI is InChI=1S/C20H22FN5/c21-17-6-4-16(5-7-17)20-18(13-24-25-20)26(19-3-1-2-10-23-19)14-15-8-11-22-12-9-15/h1-7,10,13,15,22H,8-9,11-12,14H2,(H,24,25). The van der Waals surface area contributed by atoms with Crippen molar-refractivity contribution in [2.24, 2.45) is 5.92 Å². The van der Waals surface area contributed by atoms with Crippen LogP contribution in [0, 0.1) is 11.7 Å². The van der Waals surface area contributed by atoms with Gasteiger partial charge in [-0.2, -0.15) is 5.10 Å². The molecule has 0 radical (unpaired) electrons. The SMILES string of the molecule is Fc1ccc(-c2[nH]ncc2N(CC2CCNCC2)c2ccccn2)cc1. The summed E-state index contributed by atoms with van der Waals surface area (Å²) in [5, 5.41) is 10.8. The smallest absolute Gasteiger partial charge is 0.133 e. The van der Waals surface area contributed by atoms with E-state index in [0.29, 0.717) is 5.92 Å². The first-order chi connectivity index (χ1) is 12.8. The Morgan fingerprint density at radius 3 is 2.62 bits per heavy atom. The van der Waals surface area contributed by atoms with E-state index < -0.39 is 0 Å². The number of nitrogens with zero attached hydrogens (tertiary/aromatic N) is 3. The summed E-state index contributed by atoms with van der Waals surface area (Å²) in [6, 6.07) is 12.4. The highest BCUT2D eigenvalue weighted by molar-refractivity contribution is 5.78. The number of pyridine rings is 1. The highest BCUT2D eigenvalue weighted by Gasteiger charge is 2.22. The maximum Gasteiger partial charge on any atom is 0.133 e. The Labute approximate surface area is 152 Å². The molecule has 1 fully saturated rings. The van der Waals surface area contributed by atoms with Crippen LogP contribution in [0.4, 0.5) is 15.9 Å². The molecule has 6 heteroatoms. The molecule has 0 atom stereocenters. The van der Waals surface area contributed by atoms with E-state index in [2.05, 4.69) is 25.4 Å². The molecule has 0 aliphatic carbocycles. The summed E-state index contributed by atoms with van der Waals surface area (Å²) in [6.45, 7) is 2.99. The van der Waals surface area contributed by atoms with Gasteiger partial charge in [0.1, 0.15) is 11.6 Å². The maximum atomic E-state index is 13.3. The number of aromatic nitrogens is 3. The van der Waals surface area contributed by atoms with Crippen LogP contribution < -0.4 is 10.2 Å². The van der Waals surface area contributed by atoms with E-state index in [9.17, 15) is 4.39 Å². The molecule has 2 N–H and O–H groups in total. The van der Waals surface area contributed by atoms with Gasteiger partial charge < -0.3 is 10.2 Å². The molecule has 0 unspecified atom stereocenters. The van der Waals surface area contributed by atoms with E-state index in [-0.39, 0.29) is 5.82 Å². The van der Waals surface area contributed by atoms with E-state index in [4.69, 9.17) is 0 Å². The molecular weight excluding hydrogens is 329 g/mol. The number of halogens is 1. The summed E-state index contributed by atoms with van der Waals surface area (Å²) < 4.78 is 13.3. The Kier molecular flexibility index (Phi) is 4.93. The van der Waals surface area contributed by atoms with Crippen molar-refractivity contribution >= 4 is 11.5 Å². The number of hydrogen-bond acceptors (Lipinski definition) is 4. The average Bonchev–Trinajstić information content (AvgIpc) is 3.18. The van der Waals surface area contributed by atoms with Crippen molar-refractivity contribution in [3.05, 3.63) is 60.7 Å². The molecule has 1 saturated heterocycles. The zero-order valence-corrected chi connectivity index (χ0v) is 14.5. The number of aromatic amines is 1. The molecule has 1 aliphatic rings. The number of piperidine rings is 1. The van der Waals surface area contributed by atoms with Gasteiger partial charge in [0, 0.05) is 18.3 Å². The summed E-state index contributed by atoms with van der Waals surface area (Å²) in [5.41, 5.74) is 2.75. The molecule has 4 rings (SSSR count). The van der Waals surface area contributed by atoms with Crippen molar-refractivity contribution in [1.82, 2.24) is 20.5 Å². The predicted molar refractivity (Wildman–Crippen MR) is 101 cm³/mol. The van der Waals surface area contributed by atoms with Gasteiger partial charge in [-0.05, 0) is 68.2 Å². The summed E-state index contributed by atoms with van der Waals surface area (Å²) in [7, 11) is 0. The Bertz CT molecular complexity index is 825. The van der Waals surface area contributed by atoms with E-state index in [1.807, 2.05) is 30.6 Å². The van der Waals surface area contributed by atoms with Crippen molar-refractivity contribution in [2.75, 3.05) is 24.5 Å². The van der Waals surface area contributed by atoms with Gasteiger partial charge in [-0.1, -0.05) is 6.07 Å². The predicted octanol–water partition coefficient (Wildman–Crippen LogP) is 3.75. The normalized spacial score (nSPS) is 15.1. The fraction of sp³-hybridized carbons (Fsp3) is 0.300. The van der Waals surface area contributed by atoms with Crippen molar-refractivity contribution < 1.29 is 4.39 Å². The molecule has 2 aromatic heterocycles. The molecule has 0 bridgehead atoms. The van der Waals surface area contributed by atoms with Crippen LogP contribution in [0.3, 0.4) is 0 Å². The number of nitrogens with one attached hydrogen (secondary N) is 2. The van der Waals surface area contributed by atoms with Crippen molar-refractivity contribution in [2.45, 2.75) is 12.8 Å². The highest BCUT2D eigenvalue weighted by atomic mass is 19.1. The second-order valence-corrected chi connectivity index (χ2v) is 6.63. The van der Waals surface area contributed by atoms with Crippen LogP contribution in [0.15, 0.2) is 54.9 Å². The number of H-pyrrole nitrogens is 1. The summed E-state index contributed by atoms with van der Waals surface area (Å²) in [5.74, 6) is 1.25. The maximum absolute atomic E-state index is 13.3. The first-order valence-electron chi connectivity index (χ1n) is 9.00. The van der Waals surface area contributed by atoms with Crippen molar-refractivity contribution in [3.8, 4) is 11.3 Å². The molecular formula is C20H22FN5. The fourth-order valence-electron chi connectivity index (χ4n) is 3.46. The summed E-state index contributed by atoms with van der Waals surface area (Å²) >= 11 is 0. The van der Waals surface area contributed by atoms with Gasteiger partial charge in [0.25, 0.3) is 0 Å². The molecule has 3 aromatic rings. The zero-order valence-electron chi connectivity index (χ0n) is 14.5. The van der Waals surface area contributed by atoms with E-state index in [1.54, 1.807) is 12.1 Å². The van der Waals surface area contributed by atoms with E-state index in [0.717, 1.165) is 55.2 Å². The van der Waals surface area contributed by atoms with Gasteiger partial charge in [-0.3, -0.25) is 5.10 Å². The van der Waals surface area contributed by atoms with Gasteiger partial charge in [-0.15, -0.1) is 0 Å². The van der Waals surface area contributed by atoms with Crippen LogP contribution >= 0.6 is 0 Å². The third kappa shape index (κ3) is 3.60. The lowest BCUT2D eigenvalue weighted by atomic mass is 9.97. The summed E-state index contributed by atoms with van der Waals surface area (Å²) in [4.78, 5) is 6.78. The van der Waals surface area contributed by atoms with E-state index in [1.165, 1.54) is 12.1 Å². The lowest BCUT2D eigenvalue weighted by Crippen LogP contribution is -2.34. The molecule has 5 nitrogen and oxygen atoms in total. The lowest BCUT2D eigenvalue weighted by Gasteiger charge is -2.30. The molecule has 26 heavy (non-hydrogen) atoms. The quantitative estimate of drug-likeness (QED) is 0.735. The molecule has 0 amide bonds. The average molecular weight is 351 g/mol. The Hall–Kier alpha value is -2.73. The van der Waals surface area contributed by atoms with Gasteiger partial charge in [0.05, 0.1) is 17.6 Å². The lowest BCUT2D eigenvalue weighted by molar-refractivity contribution is 0.380. The van der Waals surface area contributed by atoms with E-state index >= 15 is 0 Å². The highest BCUT2D eigenvalue weighted by Crippen LogP contribution is 2.34. The molecule has 134 valence electrons. The zero-order chi connectivity index (χ0) is 17.8. The van der Waals surface area contributed by atoms with Crippen LogP contribution in [0.25, 0.3) is 11.3 Å². The molecule has 1 aliphatic heterocycles. The number of anilines is 2. The van der Waals surface area contributed by atoms with Crippen LogP contribution in [0.2, 0.25) is 0 Å². The Morgan fingerprint density at radius 1 is 1.08 bits per heavy atom. The van der Waals surface area contributed by atoms with Crippen LogP contribution in [-0.2, 0) is 0 Å². The molecule has 3 heterocycles.